The average molecular weight is 295 g/mol. The third-order valence-corrected chi connectivity index (χ3v) is 4.03. The van der Waals surface area contributed by atoms with Crippen LogP contribution in [0.15, 0.2) is 24.3 Å². The van der Waals surface area contributed by atoms with Crippen LogP contribution in [0.3, 0.4) is 0 Å². The topological polar surface area (TPSA) is 81.3 Å². The van der Waals surface area contributed by atoms with Crippen molar-refractivity contribution in [3.05, 3.63) is 24.3 Å². The first kappa shape index (κ1) is 15.0. The van der Waals surface area contributed by atoms with E-state index in [9.17, 15) is 13.6 Å². The molecular formula is C14H19N2O3S-. The summed E-state index contributed by atoms with van der Waals surface area (Å²) in [6.45, 7) is 0. The van der Waals surface area contributed by atoms with E-state index in [1.807, 2.05) is 0 Å². The highest BCUT2D eigenvalue weighted by Gasteiger charge is 2.16. The molecule has 1 aliphatic carbocycles. The highest BCUT2D eigenvalue weighted by molar-refractivity contribution is 7.80. The monoisotopic (exact) mass is 295 g/mol. The van der Waals surface area contributed by atoms with Crippen molar-refractivity contribution < 1.29 is 13.6 Å². The smallest absolute Gasteiger partial charge is 0.224 e. The Morgan fingerprint density at radius 2 is 1.80 bits per heavy atom. The Morgan fingerprint density at radius 3 is 2.40 bits per heavy atom. The first-order chi connectivity index (χ1) is 9.63. The zero-order valence-electron chi connectivity index (χ0n) is 11.3. The molecule has 1 aromatic rings. The lowest BCUT2D eigenvalue weighted by molar-refractivity contribution is -0.116. The summed E-state index contributed by atoms with van der Waals surface area (Å²) in [5.41, 5.74) is 1.16. The van der Waals surface area contributed by atoms with Crippen LogP contribution in [0.1, 0.15) is 38.5 Å². The predicted molar refractivity (Wildman–Crippen MR) is 78.8 cm³/mol. The van der Waals surface area contributed by atoms with E-state index >= 15 is 0 Å². The van der Waals surface area contributed by atoms with Gasteiger partial charge in [-0.25, -0.2) is 0 Å². The third-order valence-electron chi connectivity index (χ3n) is 3.62. The second-order valence-electron chi connectivity index (χ2n) is 5.15. The summed E-state index contributed by atoms with van der Waals surface area (Å²) in [4.78, 5) is 11.8. The molecule has 0 spiro atoms. The van der Waals surface area contributed by atoms with Crippen LogP contribution < -0.4 is 10.0 Å². The standard InChI is InChI=1S/C14H20N2O3S/c17-14(10-5-11-3-1-2-4-11)15-12-6-8-13(9-7-12)16-20(18)19/h6-9,11,16H,1-5,10H2,(H,15,17)(H,18,19)/p-1. The molecule has 2 N–H and O–H groups in total. The highest BCUT2D eigenvalue weighted by atomic mass is 32.2. The lowest BCUT2D eigenvalue weighted by atomic mass is 10.0. The van der Waals surface area contributed by atoms with Gasteiger partial charge in [-0.2, -0.15) is 0 Å². The van der Waals surface area contributed by atoms with E-state index in [0.29, 0.717) is 23.7 Å². The highest BCUT2D eigenvalue weighted by Crippen LogP contribution is 2.28. The summed E-state index contributed by atoms with van der Waals surface area (Å²) in [6, 6.07) is 6.59. The van der Waals surface area contributed by atoms with Crippen molar-refractivity contribution in [3.63, 3.8) is 0 Å². The minimum Gasteiger partial charge on any atom is -0.755 e. The van der Waals surface area contributed by atoms with E-state index in [1.165, 1.54) is 25.7 Å². The van der Waals surface area contributed by atoms with Gasteiger partial charge in [0.1, 0.15) is 0 Å². The first-order valence-electron chi connectivity index (χ1n) is 6.89. The van der Waals surface area contributed by atoms with Crippen molar-refractivity contribution in [3.8, 4) is 0 Å². The number of carbonyl (C=O) groups excluding carboxylic acids is 1. The first-order valence-corrected chi connectivity index (χ1v) is 7.97. The molecule has 1 amide bonds. The molecule has 1 saturated carbocycles. The summed E-state index contributed by atoms with van der Waals surface area (Å²) in [6.07, 6.45) is 6.60. The molecule has 0 aromatic heterocycles. The van der Waals surface area contributed by atoms with Gasteiger partial charge in [0.2, 0.25) is 5.91 Å². The van der Waals surface area contributed by atoms with Crippen LogP contribution in [0.25, 0.3) is 0 Å². The molecule has 1 unspecified atom stereocenters. The molecular weight excluding hydrogens is 276 g/mol. The van der Waals surface area contributed by atoms with Crippen LogP contribution >= 0.6 is 0 Å². The number of amides is 1. The largest absolute Gasteiger partial charge is 0.755 e. The molecule has 6 heteroatoms. The van der Waals surface area contributed by atoms with Crippen molar-refractivity contribution >= 4 is 28.5 Å². The van der Waals surface area contributed by atoms with Gasteiger partial charge in [-0.05, 0) is 36.6 Å². The number of benzene rings is 1. The van der Waals surface area contributed by atoms with Crippen LogP contribution in [-0.4, -0.2) is 14.7 Å². The molecule has 0 saturated heterocycles. The molecule has 1 aliphatic rings. The fourth-order valence-corrected chi connectivity index (χ4v) is 2.90. The van der Waals surface area contributed by atoms with Crippen LogP contribution in [-0.2, 0) is 16.1 Å². The van der Waals surface area contributed by atoms with Crippen LogP contribution in [0, 0.1) is 5.92 Å². The second kappa shape index (κ2) is 7.40. The molecule has 1 aromatic carbocycles. The summed E-state index contributed by atoms with van der Waals surface area (Å²) >= 11 is -2.33. The molecule has 2 rings (SSSR count). The summed E-state index contributed by atoms with van der Waals surface area (Å²) < 4.78 is 23.2. The Labute approximate surface area is 121 Å². The maximum absolute atomic E-state index is 11.8. The van der Waals surface area contributed by atoms with Gasteiger partial charge in [0, 0.05) is 29.1 Å². The molecule has 0 bridgehead atoms. The second-order valence-corrected chi connectivity index (χ2v) is 5.82. The zero-order valence-corrected chi connectivity index (χ0v) is 12.1. The summed E-state index contributed by atoms with van der Waals surface area (Å²) in [5.74, 6) is 0.726. The maximum Gasteiger partial charge on any atom is 0.224 e. The summed E-state index contributed by atoms with van der Waals surface area (Å²) in [5, 5.41) is 2.83. The number of carbonyl (C=O) groups is 1. The maximum atomic E-state index is 11.8. The van der Waals surface area contributed by atoms with Crippen molar-refractivity contribution in [1.29, 1.82) is 0 Å². The zero-order chi connectivity index (χ0) is 14.4. The minimum atomic E-state index is -2.33. The Hall–Kier alpha value is -1.40. The van der Waals surface area contributed by atoms with Gasteiger partial charge < -0.3 is 14.6 Å². The number of rotatable bonds is 6. The molecule has 1 atom stereocenters. The van der Waals surface area contributed by atoms with E-state index in [0.717, 1.165) is 6.42 Å². The van der Waals surface area contributed by atoms with Crippen molar-refractivity contribution in [2.75, 3.05) is 10.0 Å². The molecule has 20 heavy (non-hydrogen) atoms. The fourth-order valence-electron chi connectivity index (χ4n) is 2.58. The third kappa shape index (κ3) is 4.94. The number of anilines is 2. The Kier molecular flexibility index (Phi) is 5.55. The van der Waals surface area contributed by atoms with Crippen LogP contribution in [0.2, 0.25) is 0 Å². The van der Waals surface area contributed by atoms with Gasteiger partial charge in [-0.1, -0.05) is 25.7 Å². The minimum absolute atomic E-state index is 0.0185. The van der Waals surface area contributed by atoms with Gasteiger partial charge in [-0.3, -0.25) is 9.00 Å². The van der Waals surface area contributed by atoms with Crippen molar-refractivity contribution in [2.45, 2.75) is 38.5 Å². The van der Waals surface area contributed by atoms with E-state index in [2.05, 4.69) is 10.0 Å². The van der Waals surface area contributed by atoms with Crippen LogP contribution in [0.5, 0.6) is 0 Å². The predicted octanol–water partition coefficient (Wildman–Crippen LogP) is 2.80. The quantitative estimate of drug-likeness (QED) is 0.792. The lowest BCUT2D eigenvalue weighted by Crippen LogP contribution is -2.12. The average Bonchev–Trinajstić information content (AvgIpc) is 2.91. The van der Waals surface area contributed by atoms with Crippen molar-refractivity contribution in [2.24, 2.45) is 5.92 Å². The van der Waals surface area contributed by atoms with Gasteiger partial charge in [-0.15, -0.1) is 0 Å². The summed E-state index contributed by atoms with van der Waals surface area (Å²) in [7, 11) is 0. The fraction of sp³-hybridized carbons (Fsp3) is 0.500. The van der Waals surface area contributed by atoms with Crippen molar-refractivity contribution in [1.82, 2.24) is 0 Å². The Bertz CT molecular complexity index is 470. The van der Waals surface area contributed by atoms with E-state index < -0.39 is 11.3 Å². The Morgan fingerprint density at radius 1 is 1.20 bits per heavy atom. The Balaban J connectivity index is 1.76. The molecule has 0 aliphatic heterocycles. The number of nitrogens with one attached hydrogen (secondary N) is 2. The molecule has 110 valence electrons. The lowest BCUT2D eigenvalue weighted by Gasteiger charge is -2.11. The molecule has 0 radical (unpaired) electrons. The van der Waals surface area contributed by atoms with Gasteiger partial charge >= 0.3 is 0 Å². The normalized spacial score (nSPS) is 16.9. The van der Waals surface area contributed by atoms with Gasteiger partial charge in [0.15, 0.2) is 0 Å². The van der Waals surface area contributed by atoms with Gasteiger partial charge in [0.25, 0.3) is 0 Å². The SMILES string of the molecule is O=C(CCC1CCCC1)Nc1ccc(NS(=O)[O-])cc1. The number of hydrogen-bond donors (Lipinski definition) is 2. The molecule has 0 heterocycles. The van der Waals surface area contributed by atoms with E-state index in [-0.39, 0.29) is 5.91 Å². The van der Waals surface area contributed by atoms with E-state index in [1.54, 1.807) is 24.3 Å². The van der Waals surface area contributed by atoms with E-state index in [4.69, 9.17) is 0 Å². The number of hydrogen-bond acceptors (Lipinski definition) is 3. The molecule has 5 nitrogen and oxygen atoms in total. The van der Waals surface area contributed by atoms with Crippen LogP contribution in [0.4, 0.5) is 11.4 Å². The van der Waals surface area contributed by atoms with Gasteiger partial charge in [0.05, 0.1) is 0 Å². The molecule has 1 fully saturated rings.